The number of carbonyl (C=O) groups is 2. The number of piperazine rings is 1. The number of carboxylic acids is 1. The van der Waals surface area contributed by atoms with Gasteiger partial charge in [-0.25, -0.2) is 0 Å². The molecular formula is C11H20N2O4. The molecule has 0 radical (unpaired) electrons. The molecule has 0 aromatic rings. The first kappa shape index (κ1) is 13.9. The number of nitrogens with zero attached hydrogens (tertiary/aromatic N) is 2. The number of methoxy groups -OCH3 is 1. The number of rotatable bonds is 4. The van der Waals surface area contributed by atoms with Crippen LogP contribution in [0.2, 0.25) is 0 Å². The summed E-state index contributed by atoms with van der Waals surface area (Å²) < 4.78 is 5.15. The van der Waals surface area contributed by atoms with Gasteiger partial charge in [0.25, 0.3) is 5.91 Å². The van der Waals surface area contributed by atoms with E-state index >= 15 is 0 Å². The first-order valence-electron chi connectivity index (χ1n) is 5.65. The smallest absolute Gasteiger partial charge is 0.317 e. The maximum absolute atomic E-state index is 12.0. The molecule has 0 atom stereocenters. The van der Waals surface area contributed by atoms with Crippen LogP contribution in [0.5, 0.6) is 0 Å². The maximum atomic E-state index is 12.0. The second-order valence-corrected chi connectivity index (χ2v) is 4.68. The minimum atomic E-state index is -0.831. The molecule has 1 amide bonds. The van der Waals surface area contributed by atoms with Gasteiger partial charge in [0.15, 0.2) is 0 Å². The molecule has 0 aromatic heterocycles. The van der Waals surface area contributed by atoms with Crippen LogP contribution < -0.4 is 0 Å². The van der Waals surface area contributed by atoms with E-state index in [0.717, 1.165) is 0 Å². The van der Waals surface area contributed by atoms with Crippen LogP contribution in [0.3, 0.4) is 0 Å². The highest BCUT2D eigenvalue weighted by molar-refractivity contribution is 5.84. The lowest BCUT2D eigenvalue weighted by Gasteiger charge is -2.37. The van der Waals surface area contributed by atoms with Crippen molar-refractivity contribution in [3.63, 3.8) is 0 Å². The molecule has 0 aliphatic carbocycles. The number of amides is 1. The molecule has 1 aliphatic rings. The molecule has 17 heavy (non-hydrogen) atoms. The monoisotopic (exact) mass is 244 g/mol. The summed E-state index contributed by atoms with van der Waals surface area (Å²) in [6, 6.07) is 0. The van der Waals surface area contributed by atoms with Crippen molar-refractivity contribution in [1.29, 1.82) is 0 Å². The van der Waals surface area contributed by atoms with Crippen molar-refractivity contribution in [1.82, 2.24) is 9.80 Å². The van der Waals surface area contributed by atoms with Gasteiger partial charge in [0.2, 0.25) is 0 Å². The van der Waals surface area contributed by atoms with Gasteiger partial charge in [-0.3, -0.25) is 14.5 Å². The van der Waals surface area contributed by atoms with E-state index in [1.54, 1.807) is 18.7 Å². The summed E-state index contributed by atoms with van der Waals surface area (Å²) in [6.07, 6.45) is 0. The van der Waals surface area contributed by atoms with E-state index in [1.807, 2.05) is 4.90 Å². The molecule has 98 valence electrons. The molecule has 1 fully saturated rings. The molecular weight excluding hydrogens is 224 g/mol. The van der Waals surface area contributed by atoms with Crippen molar-refractivity contribution in [3.05, 3.63) is 0 Å². The summed E-state index contributed by atoms with van der Waals surface area (Å²) in [5.74, 6) is -0.878. The normalized spacial score (nSPS) is 18.2. The maximum Gasteiger partial charge on any atom is 0.317 e. The summed E-state index contributed by atoms with van der Waals surface area (Å²) in [4.78, 5) is 26.1. The minimum absolute atomic E-state index is 0.0374. The number of ether oxygens (including phenoxy) is 1. The fourth-order valence-corrected chi connectivity index (χ4v) is 1.77. The van der Waals surface area contributed by atoms with Crippen molar-refractivity contribution >= 4 is 11.9 Å². The molecule has 1 aliphatic heterocycles. The van der Waals surface area contributed by atoms with E-state index in [2.05, 4.69) is 0 Å². The third kappa shape index (κ3) is 3.67. The van der Waals surface area contributed by atoms with E-state index in [1.165, 1.54) is 7.11 Å². The molecule has 6 heteroatoms. The van der Waals surface area contributed by atoms with Gasteiger partial charge >= 0.3 is 5.97 Å². The zero-order valence-electron chi connectivity index (χ0n) is 10.6. The largest absolute Gasteiger partial charge is 0.480 e. The molecule has 6 nitrogen and oxygen atoms in total. The average Bonchev–Trinajstić information content (AvgIpc) is 2.28. The number of carbonyl (C=O) groups excluding carboxylic acids is 1. The third-order valence-electron chi connectivity index (χ3n) is 3.04. The Kier molecular flexibility index (Phi) is 4.47. The highest BCUT2D eigenvalue weighted by Gasteiger charge is 2.33. The lowest BCUT2D eigenvalue weighted by molar-refractivity contribution is -0.153. The molecule has 0 spiro atoms. The summed E-state index contributed by atoms with van der Waals surface area (Å²) in [5, 5.41) is 8.67. The zero-order chi connectivity index (χ0) is 13.1. The second kappa shape index (κ2) is 5.46. The summed E-state index contributed by atoms with van der Waals surface area (Å²) in [6.45, 7) is 5.81. The van der Waals surface area contributed by atoms with E-state index in [4.69, 9.17) is 9.84 Å². The van der Waals surface area contributed by atoms with E-state index in [0.29, 0.717) is 26.2 Å². The van der Waals surface area contributed by atoms with Gasteiger partial charge in [-0.05, 0) is 13.8 Å². The van der Waals surface area contributed by atoms with Gasteiger partial charge in [0.1, 0.15) is 5.60 Å². The molecule has 0 aromatic carbocycles. The zero-order valence-corrected chi connectivity index (χ0v) is 10.6. The standard InChI is InChI=1S/C11H20N2O4/c1-11(2,17-3)10(16)13-6-4-12(5-7-13)8-9(14)15/h4-8H2,1-3H3,(H,14,15). The van der Waals surface area contributed by atoms with Crippen LogP contribution in [0, 0.1) is 0 Å². The van der Waals surface area contributed by atoms with E-state index in [-0.39, 0.29) is 12.5 Å². The van der Waals surface area contributed by atoms with Crippen molar-refractivity contribution in [2.75, 3.05) is 39.8 Å². The first-order chi connectivity index (χ1) is 7.86. The van der Waals surface area contributed by atoms with Gasteiger partial charge in [-0.1, -0.05) is 0 Å². The highest BCUT2D eigenvalue weighted by Crippen LogP contribution is 2.14. The van der Waals surface area contributed by atoms with Crippen molar-refractivity contribution in [3.8, 4) is 0 Å². The van der Waals surface area contributed by atoms with E-state index < -0.39 is 11.6 Å². The molecule has 0 bridgehead atoms. The third-order valence-corrected chi connectivity index (χ3v) is 3.04. The summed E-state index contributed by atoms with van der Waals surface area (Å²) in [7, 11) is 1.51. The molecule has 1 saturated heterocycles. The van der Waals surface area contributed by atoms with Crippen LogP contribution in [0.25, 0.3) is 0 Å². The van der Waals surface area contributed by atoms with Crippen LogP contribution in [0.1, 0.15) is 13.8 Å². The number of hydrogen-bond acceptors (Lipinski definition) is 4. The fraction of sp³-hybridized carbons (Fsp3) is 0.818. The molecule has 0 saturated carbocycles. The Morgan fingerprint density at radius 1 is 1.24 bits per heavy atom. The summed E-state index contributed by atoms with van der Waals surface area (Å²) in [5.41, 5.74) is -0.811. The lowest BCUT2D eigenvalue weighted by Crippen LogP contribution is -2.55. The van der Waals surface area contributed by atoms with Crippen molar-refractivity contribution < 1.29 is 19.4 Å². The van der Waals surface area contributed by atoms with E-state index in [9.17, 15) is 9.59 Å². The van der Waals surface area contributed by atoms with Gasteiger partial charge < -0.3 is 14.7 Å². The predicted octanol–water partition coefficient (Wildman–Crippen LogP) is -0.360. The van der Waals surface area contributed by atoms with Crippen LogP contribution >= 0.6 is 0 Å². The topological polar surface area (TPSA) is 70.1 Å². The Hall–Kier alpha value is -1.14. The van der Waals surface area contributed by atoms with Crippen LogP contribution in [0.4, 0.5) is 0 Å². The summed E-state index contributed by atoms with van der Waals surface area (Å²) >= 11 is 0. The van der Waals surface area contributed by atoms with Gasteiger partial charge in [0.05, 0.1) is 6.54 Å². The molecule has 1 heterocycles. The lowest BCUT2D eigenvalue weighted by atomic mass is 10.1. The SMILES string of the molecule is COC(C)(C)C(=O)N1CCN(CC(=O)O)CC1. The Bertz CT molecular complexity index is 296. The average molecular weight is 244 g/mol. The van der Waals surface area contributed by atoms with Crippen LogP contribution in [-0.2, 0) is 14.3 Å². The van der Waals surface area contributed by atoms with Gasteiger partial charge in [-0.15, -0.1) is 0 Å². The highest BCUT2D eigenvalue weighted by atomic mass is 16.5. The van der Waals surface area contributed by atoms with Gasteiger partial charge in [0, 0.05) is 33.3 Å². The fourth-order valence-electron chi connectivity index (χ4n) is 1.77. The Morgan fingerprint density at radius 2 is 1.76 bits per heavy atom. The van der Waals surface area contributed by atoms with Crippen molar-refractivity contribution in [2.24, 2.45) is 0 Å². The first-order valence-corrected chi connectivity index (χ1v) is 5.65. The van der Waals surface area contributed by atoms with Crippen LogP contribution in [0.15, 0.2) is 0 Å². The molecule has 1 rings (SSSR count). The minimum Gasteiger partial charge on any atom is -0.480 e. The second-order valence-electron chi connectivity index (χ2n) is 4.68. The van der Waals surface area contributed by atoms with Crippen molar-refractivity contribution in [2.45, 2.75) is 19.4 Å². The van der Waals surface area contributed by atoms with Gasteiger partial charge in [-0.2, -0.15) is 0 Å². The molecule has 1 N–H and O–H groups in total. The molecule has 0 unspecified atom stereocenters. The number of aliphatic carboxylic acids is 1. The Morgan fingerprint density at radius 3 is 2.18 bits per heavy atom. The number of carboxylic acid groups (broad SMARTS) is 1. The van der Waals surface area contributed by atoms with Crippen LogP contribution in [-0.4, -0.2) is 72.2 Å². The number of hydrogen-bond donors (Lipinski definition) is 1. The quantitative estimate of drug-likeness (QED) is 0.731. The Labute approximate surface area is 101 Å². The Balaban J connectivity index is 2.47. The predicted molar refractivity (Wildman–Crippen MR) is 61.7 cm³/mol.